The number of nitrogen functional groups attached to an aromatic ring is 1. The van der Waals surface area contributed by atoms with Gasteiger partial charge in [-0.1, -0.05) is 6.07 Å². The second-order valence-corrected chi connectivity index (χ2v) is 6.27. The van der Waals surface area contributed by atoms with Crippen molar-refractivity contribution < 1.29 is 18.7 Å². The van der Waals surface area contributed by atoms with Crippen molar-refractivity contribution >= 4 is 23.1 Å². The van der Waals surface area contributed by atoms with E-state index in [0.29, 0.717) is 12.2 Å². The van der Waals surface area contributed by atoms with Crippen LogP contribution in [0.2, 0.25) is 0 Å². The molecule has 0 saturated carbocycles. The summed E-state index contributed by atoms with van der Waals surface area (Å²) in [5.41, 5.74) is 8.73. The average Bonchev–Trinajstić information content (AvgIpc) is 2.65. The molecule has 136 valence electrons. The molecule has 2 N–H and O–H groups in total. The predicted molar refractivity (Wildman–Crippen MR) is 98.0 cm³/mol. The minimum atomic E-state index is -0.592. The third-order valence-corrected chi connectivity index (χ3v) is 4.63. The molecule has 0 unspecified atom stereocenters. The lowest BCUT2D eigenvalue weighted by atomic mass is 9.99. The second kappa shape index (κ2) is 7.56. The Hall–Kier alpha value is -2.89. The fourth-order valence-corrected chi connectivity index (χ4v) is 3.25. The van der Waals surface area contributed by atoms with Gasteiger partial charge in [-0.2, -0.15) is 0 Å². The summed E-state index contributed by atoms with van der Waals surface area (Å²) in [5, 5.41) is 0. The van der Waals surface area contributed by atoms with Gasteiger partial charge in [0.2, 0.25) is 5.91 Å². The lowest BCUT2D eigenvalue weighted by Crippen LogP contribution is -2.35. The normalized spacial score (nSPS) is 13.2. The number of benzene rings is 2. The molecule has 26 heavy (non-hydrogen) atoms. The Morgan fingerprint density at radius 1 is 1.23 bits per heavy atom. The van der Waals surface area contributed by atoms with Crippen LogP contribution in [0.4, 0.5) is 15.8 Å². The Bertz CT molecular complexity index is 851. The van der Waals surface area contributed by atoms with E-state index in [1.54, 1.807) is 4.90 Å². The molecule has 2 aromatic rings. The van der Waals surface area contributed by atoms with Gasteiger partial charge < -0.3 is 15.4 Å². The monoisotopic (exact) mass is 356 g/mol. The number of anilines is 2. The molecule has 6 heteroatoms. The molecule has 0 aliphatic carbocycles. The maximum Gasteiger partial charge on any atom is 0.227 e. The Morgan fingerprint density at radius 2 is 2.04 bits per heavy atom. The minimum absolute atomic E-state index is 0.0265. The number of nitrogens with zero attached hydrogens (tertiary/aromatic N) is 1. The van der Waals surface area contributed by atoms with Crippen LogP contribution in [0.25, 0.3) is 0 Å². The maximum atomic E-state index is 13.7. The number of fused-ring (bicyclic) bond motifs is 1. The Balaban J connectivity index is 1.67. The largest absolute Gasteiger partial charge is 0.494 e. The number of amides is 1. The summed E-state index contributed by atoms with van der Waals surface area (Å²) in [6.45, 7) is 0.612. The topological polar surface area (TPSA) is 72.6 Å². The third kappa shape index (κ3) is 3.54. The molecule has 2 aromatic carbocycles. The molecule has 0 radical (unpaired) electrons. The van der Waals surface area contributed by atoms with Gasteiger partial charge >= 0.3 is 0 Å². The fourth-order valence-electron chi connectivity index (χ4n) is 3.25. The summed E-state index contributed by atoms with van der Waals surface area (Å²) in [6.07, 6.45) is 1.78. The molecular formula is C20H21FN2O3. The molecule has 0 saturated heterocycles. The highest BCUT2D eigenvalue weighted by Crippen LogP contribution is 2.31. The summed E-state index contributed by atoms with van der Waals surface area (Å²) in [5.74, 6) is -0.908. The molecule has 1 aliphatic rings. The van der Waals surface area contributed by atoms with E-state index in [4.69, 9.17) is 10.5 Å². The van der Waals surface area contributed by atoms with E-state index in [0.717, 1.165) is 30.2 Å². The molecule has 0 spiro atoms. The lowest BCUT2D eigenvalue weighted by Gasteiger charge is -2.30. The lowest BCUT2D eigenvalue weighted by molar-refractivity contribution is -0.118. The molecule has 0 bridgehead atoms. The number of hydrogen-bond acceptors (Lipinski definition) is 4. The summed E-state index contributed by atoms with van der Waals surface area (Å²) >= 11 is 0. The maximum absolute atomic E-state index is 13.7. The Kier molecular flexibility index (Phi) is 5.21. The minimum Gasteiger partial charge on any atom is -0.494 e. The van der Waals surface area contributed by atoms with E-state index >= 15 is 0 Å². The van der Waals surface area contributed by atoms with E-state index in [1.165, 1.54) is 19.2 Å². The van der Waals surface area contributed by atoms with E-state index < -0.39 is 5.82 Å². The molecule has 5 nitrogen and oxygen atoms in total. The summed E-state index contributed by atoms with van der Waals surface area (Å²) in [6, 6.07) is 9.59. The van der Waals surface area contributed by atoms with Crippen molar-refractivity contribution in [2.45, 2.75) is 25.7 Å². The van der Waals surface area contributed by atoms with Crippen LogP contribution in [0.15, 0.2) is 36.4 Å². The van der Waals surface area contributed by atoms with E-state index in [-0.39, 0.29) is 35.8 Å². The van der Waals surface area contributed by atoms with Gasteiger partial charge in [-0.25, -0.2) is 4.39 Å². The van der Waals surface area contributed by atoms with Gasteiger partial charge in [0.25, 0.3) is 0 Å². The van der Waals surface area contributed by atoms with Gasteiger partial charge in [0, 0.05) is 36.3 Å². The molecule has 0 atom stereocenters. The smallest absolute Gasteiger partial charge is 0.227 e. The van der Waals surface area contributed by atoms with Crippen molar-refractivity contribution in [3.8, 4) is 5.75 Å². The van der Waals surface area contributed by atoms with Crippen molar-refractivity contribution in [3.05, 3.63) is 53.3 Å². The average molecular weight is 356 g/mol. The number of hydrogen-bond donors (Lipinski definition) is 1. The van der Waals surface area contributed by atoms with Gasteiger partial charge in [-0.15, -0.1) is 0 Å². The van der Waals surface area contributed by atoms with Gasteiger partial charge in [0.05, 0.1) is 7.11 Å². The number of nitrogens with two attached hydrogens (primary N) is 1. The molecule has 1 heterocycles. The molecule has 0 fully saturated rings. The fraction of sp³-hybridized carbons (Fsp3) is 0.300. The zero-order valence-corrected chi connectivity index (χ0v) is 14.6. The van der Waals surface area contributed by atoms with Crippen LogP contribution in [-0.2, 0) is 11.2 Å². The van der Waals surface area contributed by atoms with Crippen molar-refractivity contribution in [2.24, 2.45) is 0 Å². The summed E-state index contributed by atoms with van der Waals surface area (Å²) in [4.78, 5) is 26.6. The first-order valence-corrected chi connectivity index (χ1v) is 8.55. The Labute approximate surface area is 151 Å². The van der Waals surface area contributed by atoms with Crippen LogP contribution in [-0.4, -0.2) is 25.3 Å². The number of carbonyl (C=O) groups is 2. The van der Waals surface area contributed by atoms with Crippen LogP contribution in [0.1, 0.15) is 35.2 Å². The van der Waals surface area contributed by atoms with Gasteiger partial charge in [-0.3, -0.25) is 9.59 Å². The highest BCUT2D eigenvalue weighted by Gasteiger charge is 2.24. The Morgan fingerprint density at radius 3 is 2.77 bits per heavy atom. The third-order valence-electron chi connectivity index (χ3n) is 4.63. The van der Waals surface area contributed by atoms with Crippen molar-refractivity contribution in [2.75, 3.05) is 24.3 Å². The number of Topliss-reactive ketones (excluding diaryl/α,β-unsaturated/α-hetero) is 1. The van der Waals surface area contributed by atoms with Crippen LogP contribution in [0, 0.1) is 5.82 Å². The van der Waals surface area contributed by atoms with Crippen LogP contribution in [0.3, 0.4) is 0 Å². The van der Waals surface area contributed by atoms with Crippen LogP contribution >= 0.6 is 0 Å². The van der Waals surface area contributed by atoms with Crippen molar-refractivity contribution in [3.63, 3.8) is 0 Å². The number of ether oxygens (including phenoxy) is 1. The first kappa shape index (κ1) is 17.9. The first-order valence-electron chi connectivity index (χ1n) is 8.55. The molecular weight excluding hydrogens is 335 g/mol. The number of ketones is 1. The molecule has 1 amide bonds. The predicted octanol–water partition coefficient (Wildman–Crippen LogP) is 3.36. The van der Waals surface area contributed by atoms with E-state index in [1.807, 2.05) is 18.2 Å². The second-order valence-electron chi connectivity index (χ2n) is 6.27. The van der Waals surface area contributed by atoms with Gasteiger partial charge in [0.15, 0.2) is 17.3 Å². The van der Waals surface area contributed by atoms with Crippen molar-refractivity contribution in [1.29, 1.82) is 0 Å². The van der Waals surface area contributed by atoms with Gasteiger partial charge in [-0.05, 0) is 48.7 Å². The number of rotatable bonds is 5. The van der Waals surface area contributed by atoms with Crippen LogP contribution in [0.5, 0.6) is 5.75 Å². The highest BCUT2D eigenvalue weighted by molar-refractivity contribution is 6.01. The van der Waals surface area contributed by atoms with Crippen molar-refractivity contribution in [1.82, 2.24) is 0 Å². The molecule has 1 aliphatic heterocycles. The van der Waals surface area contributed by atoms with Crippen LogP contribution < -0.4 is 15.4 Å². The zero-order valence-electron chi connectivity index (χ0n) is 14.6. The molecule has 3 rings (SSSR count). The highest BCUT2D eigenvalue weighted by atomic mass is 19.1. The zero-order chi connectivity index (χ0) is 18.7. The number of carbonyl (C=O) groups excluding carboxylic acids is 2. The number of methoxy groups -OCH3 is 1. The number of halogens is 1. The standard InChI is InChI=1S/C20H21FN2O3/c1-26-19-9-7-13(12-15(19)21)18(24)8-10-20(25)23-11-3-4-14-16(22)5-2-6-17(14)23/h2,5-7,9,12H,3-4,8,10-11,22H2,1H3. The quantitative estimate of drug-likeness (QED) is 0.659. The van der Waals surface area contributed by atoms with E-state index in [9.17, 15) is 14.0 Å². The summed E-state index contributed by atoms with van der Waals surface area (Å²) in [7, 11) is 1.36. The SMILES string of the molecule is COc1ccc(C(=O)CCC(=O)N2CCCc3c(N)cccc32)cc1F. The van der Waals surface area contributed by atoms with Gasteiger partial charge in [0.1, 0.15) is 0 Å². The summed E-state index contributed by atoms with van der Waals surface area (Å²) < 4.78 is 18.6. The van der Waals surface area contributed by atoms with E-state index in [2.05, 4.69) is 0 Å². The first-order chi connectivity index (χ1) is 12.5. The molecule has 0 aromatic heterocycles.